The van der Waals surface area contributed by atoms with Gasteiger partial charge < -0.3 is 15.5 Å². The molecule has 6 heteroatoms. The fourth-order valence-corrected chi connectivity index (χ4v) is 2.76. The van der Waals surface area contributed by atoms with Crippen molar-refractivity contribution in [2.24, 2.45) is 11.8 Å². The third kappa shape index (κ3) is 4.72. The van der Waals surface area contributed by atoms with E-state index in [1.54, 1.807) is 0 Å². The minimum atomic E-state index is 0.600. The van der Waals surface area contributed by atoms with Gasteiger partial charge >= 0.3 is 0 Å². The summed E-state index contributed by atoms with van der Waals surface area (Å²) in [7, 11) is 5.69. The van der Waals surface area contributed by atoms with Crippen LogP contribution in [-0.2, 0) is 0 Å². The van der Waals surface area contributed by atoms with E-state index in [2.05, 4.69) is 32.5 Å². The zero-order valence-corrected chi connectivity index (χ0v) is 13.7. The Labute approximate surface area is 127 Å². The summed E-state index contributed by atoms with van der Waals surface area (Å²) in [5, 5.41) is 6.32. The first-order chi connectivity index (χ1) is 10.1. The molecule has 0 amide bonds. The van der Waals surface area contributed by atoms with E-state index in [0.29, 0.717) is 17.8 Å². The van der Waals surface area contributed by atoms with Crippen LogP contribution in [0.2, 0.25) is 0 Å². The van der Waals surface area contributed by atoms with E-state index in [0.717, 1.165) is 18.4 Å². The van der Waals surface area contributed by atoms with Crippen molar-refractivity contribution in [3.05, 3.63) is 0 Å². The summed E-state index contributed by atoms with van der Waals surface area (Å²) in [6.07, 6.45) is 6.69. The van der Waals surface area contributed by atoms with Crippen molar-refractivity contribution >= 4 is 17.8 Å². The number of hydrogen-bond donors (Lipinski definition) is 2. The van der Waals surface area contributed by atoms with Crippen LogP contribution in [0.15, 0.2) is 0 Å². The molecule has 0 saturated heterocycles. The van der Waals surface area contributed by atoms with Crippen molar-refractivity contribution in [2.75, 3.05) is 43.2 Å². The second-order valence-electron chi connectivity index (χ2n) is 6.27. The molecular formula is C15H28N6. The Morgan fingerprint density at radius 2 is 1.71 bits per heavy atom. The van der Waals surface area contributed by atoms with Gasteiger partial charge in [0.05, 0.1) is 0 Å². The standard InChI is InChI=1S/C15H28N6/c1-11-5-7-12(8-6-11)9-10-17-14-18-13(16-2)19-15(20-14)21(3)4/h11-12H,5-10H2,1-4H3,(H2,16,17,18,19,20). The number of hydrogen-bond acceptors (Lipinski definition) is 6. The molecule has 0 bridgehead atoms. The minimum absolute atomic E-state index is 0.600. The van der Waals surface area contributed by atoms with Crippen molar-refractivity contribution in [3.8, 4) is 0 Å². The molecule has 0 aliphatic heterocycles. The first-order valence-corrected chi connectivity index (χ1v) is 7.93. The molecule has 118 valence electrons. The van der Waals surface area contributed by atoms with Crippen molar-refractivity contribution in [2.45, 2.75) is 39.0 Å². The molecule has 0 radical (unpaired) electrons. The van der Waals surface area contributed by atoms with Crippen LogP contribution in [0, 0.1) is 11.8 Å². The van der Waals surface area contributed by atoms with Crippen molar-refractivity contribution < 1.29 is 0 Å². The largest absolute Gasteiger partial charge is 0.357 e. The lowest BCUT2D eigenvalue weighted by Crippen LogP contribution is -2.19. The number of aromatic nitrogens is 3. The second kappa shape index (κ2) is 7.43. The van der Waals surface area contributed by atoms with Gasteiger partial charge in [-0.05, 0) is 18.3 Å². The highest BCUT2D eigenvalue weighted by molar-refractivity contribution is 5.42. The third-order valence-electron chi connectivity index (χ3n) is 4.22. The lowest BCUT2D eigenvalue weighted by molar-refractivity contribution is 0.282. The van der Waals surface area contributed by atoms with Crippen molar-refractivity contribution in [1.82, 2.24) is 15.0 Å². The maximum absolute atomic E-state index is 4.43. The maximum atomic E-state index is 4.43. The van der Waals surface area contributed by atoms with Gasteiger partial charge in [-0.15, -0.1) is 0 Å². The summed E-state index contributed by atoms with van der Waals surface area (Å²) in [6.45, 7) is 3.29. The van der Waals surface area contributed by atoms with Crippen LogP contribution < -0.4 is 15.5 Å². The van der Waals surface area contributed by atoms with Crippen LogP contribution in [0.1, 0.15) is 39.0 Å². The monoisotopic (exact) mass is 292 g/mol. The SMILES string of the molecule is CNc1nc(NCCC2CCC(C)CC2)nc(N(C)C)n1. The Balaban J connectivity index is 1.86. The average molecular weight is 292 g/mol. The number of nitrogens with one attached hydrogen (secondary N) is 2. The maximum Gasteiger partial charge on any atom is 0.231 e. The lowest BCUT2D eigenvalue weighted by Gasteiger charge is -2.26. The smallest absolute Gasteiger partial charge is 0.231 e. The Hall–Kier alpha value is -1.59. The Morgan fingerprint density at radius 1 is 1.05 bits per heavy atom. The fourth-order valence-electron chi connectivity index (χ4n) is 2.76. The van der Waals surface area contributed by atoms with Crippen LogP contribution in [0.3, 0.4) is 0 Å². The van der Waals surface area contributed by atoms with Gasteiger partial charge in [0.2, 0.25) is 17.8 Å². The van der Waals surface area contributed by atoms with E-state index >= 15 is 0 Å². The van der Waals surface area contributed by atoms with E-state index < -0.39 is 0 Å². The van der Waals surface area contributed by atoms with Crippen molar-refractivity contribution in [1.29, 1.82) is 0 Å². The number of rotatable bonds is 6. The molecule has 6 nitrogen and oxygen atoms in total. The van der Waals surface area contributed by atoms with Gasteiger partial charge in [-0.2, -0.15) is 15.0 Å². The summed E-state index contributed by atoms with van der Waals surface area (Å²) in [5.74, 6) is 3.69. The quantitative estimate of drug-likeness (QED) is 0.840. The molecule has 1 heterocycles. The van der Waals surface area contributed by atoms with Crippen LogP contribution in [0.4, 0.5) is 17.8 Å². The predicted octanol–water partition coefficient (Wildman–Crippen LogP) is 2.61. The van der Waals surface area contributed by atoms with Crippen LogP contribution in [-0.4, -0.2) is 42.6 Å². The molecule has 0 aromatic carbocycles. The van der Waals surface area contributed by atoms with E-state index in [-0.39, 0.29) is 0 Å². The van der Waals surface area contributed by atoms with Gasteiger partial charge in [-0.3, -0.25) is 0 Å². The van der Waals surface area contributed by atoms with Crippen LogP contribution >= 0.6 is 0 Å². The Bertz CT molecular complexity index is 440. The predicted molar refractivity (Wildman–Crippen MR) is 87.9 cm³/mol. The Kier molecular flexibility index (Phi) is 5.59. The zero-order valence-electron chi connectivity index (χ0n) is 13.7. The topological polar surface area (TPSA) is 66.0 Å². The molecule has 1 aromatic rings. The average Bonchev–Trinajstić information content (AvgIpc) is 2.49. The normalized spacial score (nSPS) is 21.9. The van der Waals surface area contributed by atoms with Gasteiger partial charge in [-0.1, -0.05) is 32.6 Å². The third-order valence-corrected chi connectivity index (χ3v) is 4.22. The molecule has 2 N–H and O–H groups in total. The summed E-state index contributed by atoms with van der Waals surface area (Å²) in [4.78, 5) is 15.0. The molecule has 1 fully saturated rings. The number of anilines is 3. The first-order valence-electron chi connectivity index (χ1n) is 7.93. The molecule has 0 unspecified atom stereocenters. The molecule has 0 spiro atoms. The van der Waals surface area contributed by atoms with E-state index in [1.165, 1.54) is 32.1 Å². The van der Waals surface area contributed by atoms with Gasteiger partial charge in [-0.25, -0.2) is 0 Å². The van der Waals surface area contributed by atoms with E-state index in [4.69, 9.17) is 0 Å². The molecular weight excluding hydrogens is 264 g/mol. The van der Waals surface area contributed by atoms with E-state index in [9.17, 15) is 0 Å². The highest BCUT2D eigenvalue weighted by Gasteiger charge is 2.17. The van der Waals surface area contributed by atoms with Gasteiger partial charge in [0.1, 0.15) is 0 Å². The zero-order chi connectivity index (χ0) is 15.2. The Morgan fingerprint density at radius 3 is 2.33 bits per heavy atom. The van der Waals surface area contributed by atoms with Crippen LogP contribution in [0.25, 0.3) is 0 Å². The van der Waals surface area contributed by atoms with Gasteiger partial charge in [0, 0.05) is 27.7 Å². The van der Waals surface area contributed by atoms with Gasteiger partial charge in [0.15, 0.2) is 0 Å². The molecule has 1 saturated carbocycles. The van der Waals surface area contributed by atoms with Gasteiger partial charge in [0.25, 0.3) is 0 Å². The summed E-state index contributed by atoms with van der Waals surface area (Å²) in [5.41, 5.74) is 0. The highest BCUT2D eigenvalue weighted by atomic mass is 15.3. The first kappa shape index (κ1) is 15.8. The number of nitrogens with zero attached hydrogens (tertiary/aromatic N) is 4. The molecule has 2 rings (SSSR count). The minimum Gasteiger partial charge on any atom is -0.357 e. The molecule has 21 heavy (non-hydrogen) atoms. The van der Waals surface area contributed by atoms with E-state index in [1.807, 2.05) is 26.0 Å². The molecule has 0 atom stereocenters. The highest BCUT2D eigenvalue weighted by Crippen LogP contribution is 2.30. The summed E-state index contributed by atoms with van der Waals surface area (Å²) < 4.78 is 0. The van der Waals surface area contributed by atoms with Crippen molar-refractivity contribution in [3.63, 3.8) is 0 Å². The van der Waals surface area contributed by atoms with Crippen LogP contribution in [0.5, 0.6) is 0 Å². The summed E-state index contributed by atoms with van der Waals surface area (Å²) >= 11 is 0. The molecule has 1 aliphatic carbocycles. The second-order valence-corrected chi connectivity index (χ2v) is 6.27. The lowest BCUT2D eigenvalue weighted by atomic mass is 9.81. The molecule has 1 aliphatic rings. The molecule has 1 aromatic heterocycles. The summed E-state index contributed by atoms with van der Waals surface area (Å²) in [6, 6.07) is 0. The fraction of sp³-hybridized carbons (Fsp3) is 0.800.